The Labute approximate surface area is 110 Å². The fourth-order valence-electron chi connectivity index (χ4n) is 1.86. The quantitative estimate of drug-likeness (QED) is 0.866. The van der Waals surface area contributed by atoms with Crippen molar-refractivity contribution in [3.05, 3.63) is 34.2 Å². The maximum absolute atomic E-state index is 12.9. The van der Waals surface area contributed by atoms with Gasteiger partial charge in [0.1, 0.15) is 5.69 Å². The lowest BCUT2D eigenvalue weighted by Gasteiger charge is -2.21. The first kappa shape index (κ1) is 15.8. The van der Waals surface area contributed by atoms with Gasteiger partial charge in [0.15, 0.2) is 0 Å². The van der Waals surface area contributed by atoms with Gasteiger partial charge in [-0.25, -0.2) is 0 Å². The van der Waals surface area contributed by atoms with Gasteiger partial charge in [-0.15, -0.1) is 0 Å². The number of rotatable bonds is 6. The number of nitrogens with zero attached hydrogens (tertiary/aromatic N) is 1. The van der Waals surface area contributed by atoms with Crippen molar-refractivity contribution in [3.8, 4) is 0 Å². The summed E-state index contributed by atoms with van der Waals surface area (Å²) in [6, 6.07) is 3.10. The highest BCUT2D eigenvalue weighted by Gasteiger charge is 2.34. The van der Waals surface area contributed by atoms with Gasteiger partial charge in [-0.05, 0) is 25.5 Å². The van der Waals surface area contributed by atoms with Crippen LogP contribution in [-0.4, -0.2) is 17.2 Å². The third-order valence-corrected chi connectivity index (χ3v) is 2.92. The predicted molar refractivity (Wildman–Crippen MR) is 68.1 cm³/mol. The second-order valence-corrected chi connectivity index (χ2v) is 4.42. The van der Waals surface area contributed by atoms with Gasteiger partial charge < -0.3 is 9.88 Å². The molecule has 1 unspecified atom stereocenters. The van der Waals surface area contributed by atoms with Crippen molar-refractivity contribution < 1.29 is 13.2 Å². The van der Waals surface area contributed by atoms with Gasteiger partial charge in [-0.3, -0.25) is 4.79 Å². The van der Waals surface area contributed by atoms with Crippen molar-refractivity contribution in [1.29, 1.82) is 0 Å². The Balaban J connectivity index is 3.02. The van der Waals surface area contributed by atoms with Crippen LogP contribution in [0.5, 0.6) is 0 Å². The standard InChI is InChI=1S/C13H19F3N2O/c1-3-8-17-10(4-2)9-18-11(13(14,15)16)6-5-7-12(18)19/h5-7,10,17H,3-4,8-9H2,1-2H3. The molecule has 19 heavy (non-hydrogen) atoms. The predicted octanol–water partition coefficient (Wildman–Crippen LogP) is 2.65. The van der Waals surface area contributed by atoms with E-state index < -0.39 is 17.4 Å². The zero-order chi connectivity index (χ0) is 14.5. The molecule has 6 heteroatoms. The molecule has 0 aliphatic carbocycles. The third kappa shape index (κ3) is 4.38. The van der Waals surface area contributed by atoms with Crippen molar-refractivity contribution in [2.24, 2.45) is 0 Å². The van der Waals surface area contributed by atoms with E-state index in [-0.39, 0.29) is 12.6 Å². The third-order valence-electron chi connectivity index (χ3n) is 2.92. The van der Waals surface area contributed by atoms with Gasteiger partial charge in [0, 0.05) is 18.7 Å². The molecule has 3 nitrogen and oxygen atoms in total. The minimum Gasteiger partial charge on any atom is -0.312 e. The lowest BCUT2D eigenvalue weighted by molar-refractivity contribution is -0.144. The van der Waals surface area contributed by atoms with Crippen LogP contribution in [0.25, 0.3) is 0 Å². The van der Waals surface area contributed by atoms with Crippen LogP contribution in [0.4, 0.5) is 13.2 Å². The normalized spacial score (nSPS) is 13.5. The summed E-state index contributed by atoms with van der Waals surface area (Å²) in [6.07, 6.45) is -2.95. The lowest BCUT2D eigenvalue weighted by atomic mass is 10.2. The Hall–Kier alpha value is -1.30. The molecule has 1 aromatic heterocycles. The number of pyridine rings is 1. The fraction of sp³-hybridized carbons (Fsp3) is 0.615. The molecule has 0 aliphatic heterocycles. The summed E-state index contributed by atoms with van der Waals surface area (Å²) in [6.45, 7) is 4.62. The van der Waals surface area contributed by atoms with Gasteiger partial charge in [-0.2, -0.15) is 13.2 Å². The zero-order valence-corrected chi connectivity index (χ0v) is 11.1. The molecular weight excluding hydrogens is 257 g/mol. The van der Waals surface area contributed by atoms with Crippen LogP contribution in [0, 0.1) is 0 Å². The fourth-order valence-corrected chi connectivity index (χ4v) is 1.86. The molecule has 108 valence electrons. The monoisotopic (exact) mass is 276 g/mol. The summed E-state index contributed by atoms with van der Waals surface area (Å²) in [4.78, 5) is 11.6. The Kier molecular flexibility index (Phi) is 5.60. The molecule has 0 saturated carbocycles. The molecule has 1 heterocycles. The van der Waals surface area contributed by atoms with E-state index in [0.29, 0.717) is 6.42 Å². The zero-order valence-electron chi connectivity index (χ0n) is 11.1. The maximum atomic E-state index is 12.9. The van der Waals surface area contributed by atoms with Crippen LogP contribution in [0.1, 0.15) is 32.4 Å². The van der Waals surface area contributed by atoms with Crippen molar-refractivity contribution in [3.63, 3.8) is 0 Å². The second kappa shape index (κ2) is 6.75. The second-order valence-electron chi connectivity index (χ2n) is 4.42. The summed E-state index contributed by atoms with van der Waals surface area (Å²) in [5.74, 6) is 0. The van der Waals surface area contributed by atoms with Gasteiger partial charge in [0.25, 0.3) is 5.56 Å². The van der Waals surface area contributed by atoms with Crippen LogP contribution < -0.4 is 10.9 Å². The van der Waals surface area contributed by atoms with Crippen LogP contribution in [0.15, 0.2) is 23.0 Å². The minimum atomic E-state index is -4.51. The van der Waals surface area contributed by atoms with E-state index in [1.165, 1.54) is 0 Å². The molecule has 0 bridgehead atoms. The molecule has 0 aliphatic rings. The average molecular weight is 276 g/mol. The van der Waals surface area contributed by atoms with Gasteiger partial charge in [-0.1, -0.05) is 19.9 Å². The Morgan fingerprint density at radius 3 is 2.53 bits per heavy atom. The number of aromatic nitrogens is 1. The molecule has 0 amide bonds. The topological polar surface area (TPSA) is 34.0 Å². The van der Waals surface area contributed by atoms with Crippen molar-refractivity contribution in [1.82, 2.24) is 9.88 Å². The largest absolute Gasteiger partial charge is 0.431 e. The van der Waals surface area contributed by atoms with Gasteiger partial charge in [0.05, 0.1) is 0 Å². The summed E-state index contributed by atoms with van der Waals surface area (Å²) in [7, 11) is 0. The van der Waals surface area contributed by atoms with E-state index in [0.717, 1.165) is 35.7 Å². The maximum Gasteiger partial charge on any atom is 0.431 e. The summed E-state index contributed by atoms with van der Waals surface area (Å²) < 4.78 is 39.4. The van der Waals surface area contributed by atoms with Crippen LogP contribution in [0.3, 0.4) is 0 Å². The number of halogens is 3. The molecule has 1 N–H and O–H groups in total. The molecule has 1 rings (SSSR count). The number of alkyl halides is 3. The molecule has 1 atom stereocenters. The molecular formula is C13H19F3N2O. The molecule has 0 aromatic carbocycles. The van der Waals surface area contributed by atoms with E-state index in [2.05, 4.69) is 5.32 Å². The Bertz CT molecular complexity index is 454. The van der Waals surface area contributed by atoms with Crippen LogP contribution >= 0.6 is 0 Å². The highest BCUT2D eigenvalue weighted by Crippen LogP contribution is 2.28. The number of nitrogens with one attached hydrogen (secondary N) is 1. The van der Waals surface area contributed by atoms with Crippen molar-refractivity contribution in [2.75, 3.05) is 6.54 Å². The van der Waals surface area contributed by atoms with Gasteiger partial charge >= 0.3 is 6.18 Å². The first-order chi connectivity index (χ1) is 8.90. The summed E-state index contributed by atoms with van der Waals surface area (Å²) >= 11 is 0. The van der Waals surface area contributed by atoms with E-state index >= 15 is 0 Å². The van der Waals surface area contributed by atoms with E-state index in [4.69, 9.17) is 0 Å². The highest BCUT2D eigenvalue weighted by molar-refractivity contribution is 5.10. The first-order valence-corrected chi connectivity index (χ1v) is 6.40. The first-order valence-electron chi connectivity index (χ1n) is 6.40. The lowest BCUT2D eigenvalue weighted by Crippen LogP contribution is -2.38. The van der Waals surface area contributed by atoms with Crippen LogP contribution in [-0.2, 0) is 12.7 Å². The average Bonchev–Trinajstić information content (AvgIpc) is 2.34. The van der Waals surface area contributed by atoms with Gasteiger partial charge in [0.2, 0.25) is 0 Å². The van der Waals surface area contributed by atoms with E-state index in [1.807, 2.05) is 13.8 Å². The summed E-state index contributed by atoms with van der Waals surface area (Å²) in [5, 5.41) is 3.15. The van der Waals surface area contributed by atoms with E-state index in [1.54, 1.807) is 0 Å². The van der Waals surface area contributed by atoms with Crippen molar-refractivity contribution in [2.45, 2.75) is 45.5 Å². The summed E-state index contributed by atoms with van der Waals surface area (Å²) in [5.41, 5.74) is -1.51. The molecule has 0 spiro atoms. The van der Waals surface area contributed by atoms with Crippen molar-refractivity contribution >= 4 is 0 Å². The smallest absolute Gasteiger partial charge is 0.312 e. The number of hydrogen-bond donors (Lipinski definition) is 1. The van der Waals surface area contributed by atoms with Crippen LogP contribution in [0.2, 0.25) is 0 Å². The minimum absolute atomic E-state index is 0.0328. The highest BCUT2D eigenvalue weighted by atomic mass is 19.4. The Morgan fingerprint density at radius 1 is 1.32 bits per heavy atom. The van der Waals surface area contributed by atoms with E-state index in [9.17, 15) is 18.0 Å². The number of hydrogen-bond acceptors (Lipinski definition) is 2. The molecule has 0 radical (unpaired) electrons. The SMILES string of the molecule is CCCNC(CC)Cn1c(C(F)(F)F)cccc1=O. The molecule has 0 saturated heterocycles. The Morgan fingerprint density at radius 2 is 2.00 bits per heavy atom. The molecule has 0 fully saturated rings. The molecule has 1 aromatic rings.